The lowest BCUT2D eigenvalue weighted by Gasteiger charge is -2.23. The molecular weight excluding hydrogens is 252 g/mol. The highest BCUT2D eigenvalue weighted by molar-refractivity contribution is 5.53. The van der Waals surface area contributed by atoms with Crippen molar-refractivity contribution in [3.8, 4) is 11.5 Å². The molecule has 5 heteroatoms. The fourth-order valence-corrected chi connectivity index (χ4v) is 2.75. The van der Waals surface area contributed by atoms with Crippen molar-refractivity contribution in [1.29, 1.82) is 0 Å². The maximum atomic E-state index is 5.82. The van der Waals surface area contributed by atoms with Crippen LogP contribution in [0.2, 0.25) is 0 Å². The molecule has 0 unspecified atom stereocenters. The molecule has 20 heavy (non-hydrogen) atoms. The summed E-state index contributed by atoms with van der Waals surface area (Å²) in [5.41, 5.74) is 2.04. The lowest BCUT2D eigenvalue weighted by atomic mass is 10.1. The maximum absolute atomic E-state index is 5.82. The Hall–Kier alpha value is -1.62. The predicted molar refractivity (Wildman–Crippen MR) is 77.5 cm³/mol. The largest absolute Gasteiger partial charge is 0.376 e. The molecule has 0 amide bonds. The van der Waals surface area contributed by atoms with Gasteiger partial charge in [0, 0.05) is 31.1 Å². The number of aryl methyl sites for hydroxylation is 2. The Bertz CT molecular complexity index is 566. The predicted octanol–water partition coefficient (Wildman–Crippen LogP) is 2.71. The molecule has 108 valence electrons. The zero-order valence-corrected chi connectivity index (χ0v) is 12.2. The molecule has 3 heterocycles. The van der Waals surface area contributed by atoms with Crippen molar-refractivity contribution in [3.05, 3.63) is 23.9 Å². The highest BCUT2D eigenvalue weighted by atomic mass is 16.5. The summed E-state index contributed by atoms with van der Waals surface area (Å²) in [5, 5.41) is 0. The number of aromatic nitrogens is 4. The second-order valence-electron chi connectivity index (χ2n) is 5.40. The smallest absolute Gasteiger partial charge is 0.160 e. The molecule has 1 fully saturated rings. The van der Waals surface area contributed by atoms with Gasteiger partial charge in [-0.3, -0.25) is 0 Å². The van der Waals surface area contributed by atoms with Crippen molar-refractivity contribution in [1.82, 2.24) is 19.5 Å². The Kier molecular flexibility index (Phi) is 3.87. The van der Waals surface area contributed by atoms with E-state index in [1.165, 1.54) is 12.8 Å². The third kappa shape index (κ3) is 2.63. The van der Waals surface area contributed by atoms with Crippen LogP contribution in [0.1, 0.15) is 37.7 Å². The summed E-state index contributed by atoms with van der Waals surface area (Å²) in [5.74, 6) is 1.95. The van der Waals surface area contributed by atoms with Crippen LogP contribution in [0.5, 0.6) is 0 Å². The topological polar surface area (TPSA) is 55.7 Å². The first kappa shape index (κ1) is 13.4. The van der Waals surface area contributed by atoms with Gasteiger partial charge in [-0.1, -0.05) is 6.92 Å². The Morgan fingerprint density at radius 3 is 3.05 bits per heavy atom. The van der Waals surface area contributed by atoms with E-state index in [9.17, 15) is 0 Å². The molecule has 2 aromatic heterocycles. The molecule has 2 aromatic rings. The zero-order valence-electron chi connectivity index (χ0n) is 12.2. The molecular formula is C15H22N4O. The Morgan fingerprint density at radius 2 is 2.35 bits per heavy atom. The highest BCUT2D eigenvalue weighted by Gasteiger charge is 2.18. The first-order valence-electron chi connectivity index (χ1n) is 7.46. The van der Waals surface area contributed by atoms with E-state index in [-0.39, 0.29) is 0 Å². The minimum atomic E-state index is 0.307. The molecule has 5 nitrogen and oxygen atoms in total. The van der Waals surface area contributed by atoms with Gasteiger partial charge < -0.3 is 14.3 Å². The minimum Gasteiger partial charge on any atom is -0.376 e. The highest BCUT2D eigenvalue weighted by Crippen LogP contribution is 2.22. The Morgan fingerprint density at radius 1 is 1.45 bits per heavy atom. The normalized spacial score (nSPS) is 19.4. The van der Waals surface area contributed by atoms with Crippen LogP contribution in [0.15, 0.2) is 12.4 Å². The second kappa shape index (κ2) is 5.79. The van der Waals surface area contributed by atoms with Crippen molar-refractivity contribution in [3.63, 3.8) is 0 Å². The van der Waals surface area contributed by atoms with E-state index in [2.05, 4.69) is 33.4 Å². The summed E-state index contributed by atoms with van der Waals surface area (Å²) in [6, 6.07) is 0. The second-order valence-corrected chi connectivity index (χ2v) is 5.40. The van der Waals surface area contributed by atoms with Crippen molar-refractivity contribution in [2.45, 2.75) is 52.2 Å². The van der Waals surface area contributed by atoms with Crippen LogP contribution < -0.4 is 0 Å². The number of ether oxygens (including phenoxy) is 1. The van der Waals surface area contributed by atoms with Crippen molar-refractivity contribution >= 4 is 0 Å². The van der Waals surface area contributed by atoms with Crippen LogP contribution in [0, 0.1) is 6.92 Å². The van der Waals surface area contributed by atoms with Gasteiger partial charge in [-0.05, 0) is 26.2 Å². The SMILES string of the molecule is CCc1nc(-c2nccn2C[C@@H]2CCCCO2)c(C)[nH]1. The number of rotatable bonds is 4. The van der Waals surface area contributed by atoms with Crippen LogP contribution in [0.4, 0.5) is 0 Å². The fourth-order valence-electron chi connectivity index (χ4n) is 2.75. The van der Waals surface area contributed by atoms with Gasteiger partial charge in [0.15, 0.2) is 5.82 Å². The molecule has 1 N–H and O–H groups in total. The van der Waals surface area contributed by atoms with Gasteiger partial charge >= 0.3 is 0 Å². The molecule has 0 aromatic carbocycles. The van der Waals surface area contributed by atoms with Gasteiger partial charge in [0.2, 0.25) is 0 Å². The molecule has 1 aliphatic heterocycles. The number of nitrogens with zero attached hydrogens (tertiary/aromatic N) is 3. The van der Waals surface area contributed by atoms with Gasteiger partial charge in [-0.15, -0.1) is 0 Å². The van der Waals surface area contributed by atoms with Gasteiger partial charge in [0.05, 0.1) is 12.6 Å². The van der Waals surface area contributed by atoms with Crippen molar-refractivity contribution in [2.75, 3.05) is 6.61 Å². The summed E-state index contributed by atoms with van der Waals surface area (Å²) in [6.07, 6.45) is 8.67. The van der Waals surface area contributed by atoms with E-state index in [4.69, 9.17) is 4.74 Å². The third-order valence-corrected chi connectivity index (χ3v) is 3.87. The minimum absolute atomic E-state index is 0.307. The standard InChI is InChI=1S/C15H22N4O/c1-3-13-17-11(2)14(18-13)15-16-7-8-19(15)10-12-6-4-5-9-20-12/h7-8,12H,3-6,9-10H2,1-2H3,(H,17,18)/t12-/m0/s1. The van der Waals surface area contributed by atoms with E-state index in [1.54, 1.807) is 0 Å². The van der Waals surface area contributed by atoms with E-state index in [1.807, 2.05) is 12.4 Å². The van der Waals surface area contributed by atoms with Crippen LogP contribution in [-0.2, 0) is 17.7 Å². The monoisotopic (exact) mass is 274 g/mol. The number of H-pyrrole nitrogens is 1. The molecule has 0 aliphatic carbocycles. The molecule has 1 saturated heterocycles. The number of nitrogens with one attached hydrogen (secondary N) is 1. The van der Waals surface area contributed by atoms with E-state index < -0.39 is 0 Å². The average molecular weight is 274 g/mol. The Labute approximate surface area is 119 Å². The van der Waals surface area contributed by atoms with E-state index >= 15 is 0 Å². The maximum Gasteiger partial charge on any atom is 0.160 e. The summed E-state index contributed by atoms with van der Waals surface area (Å²) in [6.45, 7) is 5.90. The van der Waals surface area contributed by atoms with Crippen LogP contribution in [-0.4, -0.2) is 32.2 Å². The molecule has 0 spiro atoms. The summed E-state index contributed by atoms with van der Waals surface area (Å²) >= 11 is 0. The lowest BCUT2D eigenvalue weighted by molar-refractivity contribution is 0.00623. The van der Waals surface area contributed by atoms with Crippen LogP contribution >= 0.6 is 0 Å². The fraction of sp³-hybridized carbons (Fsp3) is 0.600. The number of aromatic amines is 1. The van der Waals surface area contributed by atoms with E-state index in [0.717, 1.165) is 49.0 Å². The summed E-state index contributed by atoms with van der Waals surface area (Å²) < 4.78 is 7.99. The van der Waals surface area contributed by atoms with Gasteiger partial charge in [0.1, 0.15) is 11.5 Å². The van der Waals surface area contributed by atoms with Gasteiger partial charge in [0.25, 0.3) is 0 Å². The quantitative estimate of drug-likeness (QED) is 0.932. The van der Waals surface area contributed by atoms with Crippen LogP contribution in [0.25, 0.3) is 11.5 Å². The number of hydrogen-bond acceptors (Lipinski definition) is 3. The van der Waals surface area contributed by atoms with Crippen molar-refractivity contribution in [2.24, 2.45) is 0 Å². The molecule has 1 atom stereocenters. The van der Waals surface area contributed by atoms with Gasteiger partial charge in [-0.25, -0.2) is 9.97 Å². The van der Waals surface area contributed by atoms with Crippen LogP contribution in [0.3, 0.4) is 0 Å². The van der Waals surface area contributed by atoms with Gasteiger partial charge in [-0.2, -0.15) is 0 Å². The number of hydrogen-bond donors (Lipinski definition) is 1. The van der Waals surface area contributed by atoms with Crippen molar-refractivity contribution < 1.29 is 4.74 Å². The zero-order chi connectivity index (χ0) is 13.9. The molecule has 1 aliphatic rings. The Balaban J connectivity index is 1.83. The summed E-state index contributed by atoms with van der Waals surface area (Å²) in [4.78, 5) is 12.4. The van der Waals surface area contributed by atoms with E-state index in [0.29, 0.717) is 6.10 Å². The first-order valence-corrected chi connectivity index (χ1v) is 7.46. The number of imidazole rings is 2. The molecule has 0 bridgehead atoms. The summed E-state index contributed by atoms with van der Waals surface area (Å²) in [7, 11) is 0. The third-order valence-electron chi connectivity index (χ3n) is 3.87. The first-order chi connectivity index (χ1) is 9.78. The molecule has 3 rings (SSSR count). The lowest BCUT2D eigenvalue weighted by Crippen LogP contribution is -2.24. The average Bonchev–Trinajstić information content (AvgIpc) is 3.06. The molecule has 0 radical (unpaired) electrons. The molecule has 0 saturated carbocycles.